The van der Waals surface area contributed by atoms with Crippen LogP contribution in [0.15, 0.2) is 48.5 Å². The molecule has 0 bridgehead atoms. The van der Waals surface area contributed by atoms with E-state index in [9.17, 15) is 17.6 Å². The Balaban J connectivity index is 1.76. The fraction of sp³-hybridized carbons (Fsp3) is 0.316. The van der Waals surface area contributed by atoms with E-state index in [1.807, 2.05) is 6.07 Å². The van der Waals surface area contributed by atoms with Crippen LogP contribution < -0.4 is 0 Å². The molecule has 1 fully saturated rings. The van der Waals surface area contributed by atoms with Gasteiger partial charge in [0.05, 0.1) is 17.4 Å². The van der Waals surface area contributed by atoms with Gasteiger partial charge in [-0.05, 0) is 24.1 Å². The van der Waals surface area contributed by atoms with Crippen molar-refractivity contribution in [1.29, 1.82) is 0 Å². The Hall–Kier alpha value is -1.92. The van der Waals surface area contributed by atoms with Crippen molar-refractivity contribution in [3.8, 4) is 0 Å². The lowest BCUT2D eigenvalue weighted by Crippen LogP contribution is -2.35. The van der Waals surface area contributed by atoms with Crippen molar-refractivity contribution in [2.75, 3.05) is 18.8 Å². The zero-order valence-corrected chi connectivity index (χ0v) is 15.6. The van der Waals surface area contributed by atoms with Crippen LogP contribution in [0.2, 0.25) is 5.02 Å². The first-order valence-corrected chi connectivity index (χ1v) is 10.4. The molecule has 138 valence electrons. The van der Waals surface area contributed by atoms with Crippen molar-refractivity contribution in [2.24, 2.45) is 0 Å². The summed E-state index contributed by atoms with van der Waals surface area (Å²) in [6, 6.07) is 13.3. The van der Waals surface area contributed by atoms with Crippen molar-refractivity contribution in [3.05, 3.63) is 70.5 Å². The van der Waals surface area contributed by atoms with Gasteiger partial charge in [-0.25, -0.2) is 12.8 Å². The molecule has 0 saturated carbocycles. The summed E-state index contributed by atoms with van der Waals surface area (Å²) in [4.78, 5) is 14.1. The Kier molecular flexibility index (Phi) is 5.63. The molecule has 7 heteroatoms. The van der Waals surface area contributed by atoms with Gasteiger partial charge in [0, 0.05) is 23.7 Å². The van der Waals surface area contributed by atoms with Gasteiger partial charge in [-0.3, -0.25) is 4.79 Å². The highest BCUT2D eigenvalue weighted by Gasteiger charge is 2.32. The predicted molar refractivity (Wildman–Crippen MR) is 99.3 cm³/mol. The molecule has 0 N–H and O–H groups in total. The van der Waals surface area contributed by atoms with Crippen molar-refractivity contribution in [1.82, 2.24) is 4.90 Å². The van der Waals surface area contributed by atoms with Gasteiger partial charge in [-0.1, -0.05) is 48.0 Å². The van der Waals surface area contributed by atoms with Gasteiger partial charge in [0.15, 0.2) is 9.84 Å². The molecule has 3 rings (SSSR count). The lowest BCUT2D eigenvalue weighted by molar-refractivity contribution is -0.130. The van der Waals surface area contributed by atoms with E-state index in [4.69, 9.17) is 11.6 Å². The molecule has 2 aromatic rings. The maximum Gasteiger partial charge on any atom is 0.227 e. The minimum atomic E-state index is -3.36. The summed E-state index contributed by atoms with van der Waals surface area (Å²) in [7, 11) is -3.36. The van der Waals surface area contributed by atoms with Crippen LogP contribution in [-0.2, 0) is 21.1 Å². The van der Waals surface area contributed by atoms with Crippen LogP contribution >= 0.6 is 11.6 Å². The Morgan fingerprint density at radius 1 is 1.12 bits per heavy atom. The summed E-state index contributed by atoms with van der Waals surface area (Å²) in [6.45, 7) is 0.417. The molecule has 0 spiro atoms. The molecule has 0 radical (unpaired) electrons. The number of sulfone groups is 1. The molecule has 26 heavy (non-hydrogen) atoms. The normalized spacial score (nSPS) is 19.8. The molecule has 1 aliphatic rings. The summed E-state index contributed by atoms with van der Waals surface area (Å²) in [6.07, 6.45) is 0.144. The van der Waals surface area contributed by atoms with Crippen LogP contribution in [0.3, 0.4) is 0 Å². The van der Waals surface area contributed by atoms with Crippen LogP contribution in [0.25, 0.3) is 0 Å². The second-order valence-corrected chi connectivity index (χ2v) is 9.02. The molecule has 1 aliphatic heterocycles. The van der Waals surface area contributed by atoms with Crippen LogP contribution in [0.5, 0.6) is 0 Å². The number of carbonyl (C=O) groups is 1. The second kappa shape index (κ2) is 7.76. The standard InChI is InChI=1S/C19H19ClFNO3S/c20-16-7-4-8-17(21)15(16)13-19(23)22-10-9-18(26(24,25)12-11-22)14-5-2-1-3-6-14/h1-8,18H,9-13H2/t18-/m1/s1. The van der Waals surface area contributed by atoms with Gasteiger partial charge in [-0.2, -0.15) is 0 Å². The third-order valence-corrected chi connectivity index (χ3v) is 7.13. The largest absolute Gasteiger partial charge is 0.341 e. The highest BCUT2D eigenvalue weighted by atomic mass is 35.5. The fourth-order valence-electron chi connectivity index (χ4n) is 3.20. The SMILES string of the molecule is O=C(Cc1c(F)cccc1Cl)N1CC[C@H](c2ccccc2)S(=O)(=O)CC1. The molecule has 1 saturated heterocycles. The van der Waals surface area contributed by atoms with Crippen molar-refractivity contribution in [2.45, 2.75) is 18.1 Å². The number of hydrogen-bond donors (Lipinski definition) is 0. The number of rotatable bonds is 3. The predicted octanol–water partition coefficient (Wildman–Crippen LogP) is 3.41. The number of nitrogens with zero attached hydrogens (tertiary/aromatic N) is 1. The number of hydrogen-bond acceptors (Lipinski definition) is 3. The minimum Gasteiger partial charge on any atom is -0.341 e. The highest BCUT2D eigenvalue weighted by molar-refractivity contribution is 7.91. The first-order valence-electron chi connectivity index (χ1n) is 8.35. The molecule has 1 atom stereocenters. The van der Waals surface area contributed by atoms with Crippen molar-refractivity contribution < 1.29 is 17.6 Å². The molecule has 0 unspecified atom stereocenters. The summed E-state index contributed by atoms with van der Waals surface area (Å²) >= 11 is 5.99. The number of benzene rings is 2. The van der Waals surface area contributed by atoms with Crippen LogP contribution in [-0.4, -0.2) is 38.1 Å². The fourth-order valence-corrected chi connectivity index (χ4v) is 5.23. The van der Waals surface area contributed by atoms with Gasteiger partial charge < -0.3 is 4.90 Å². The van der Waals surface area contributed by atoms with Crippen LogP contribution in [0.4, 0.5) is 4.39 Å². The monoisotopic (exact) mass is 395 g/mol. The molecule has 0 aliphatic carbocycles. The molecule has 0 aromatic heterocycles. The van der Waals surface area contributed by atoms with Crippen LogP contribution in [0.1, 0.15) is 22.8 Å². The lowest BCUT2D eigenvalue weighted by Gasteiger charge is -2.20. The molecule has 1 amide bonds. The van der Waals surface area contributed by atoms with Gasteiger partial charge in [0.1, 0.15) is 5.82 Å². The molecule has 1 heterocycles. The quantitative estimate of drug-likeness (QED) is 0.800. The first kappa shape index (κ1) is 18.9. The Labute approximate surface area is 157 Å². The minimum absolute atomic E-state index is 0.108. The van der Waals surface area contributed by atoms with E-state index >= 15 is 0 Å². The average Bonchev–Trinajstić information content (AvgIpc) is 2.77. The third-order valence-electron chi connectivity index (χ3n) is 4.65. The van der Waals surface area contributed by atoms with E-state index in [1.54, 1.807) is 24.3 Å². The van der Waals surface area contributed by atoms with E-state index in [0.29, 0.717) is 13.0 Å². The summed E-state index contributed by atoms with van der Waals surface area (Å²) < 4.78 is 39.1. The lowest BCUT2D eigenvalue weighted by atomic mass is 10.1. The van der Waals surface area contributed by atoms with E-state index in [2.05, 4.69) is 0 Å². The maximum atomic E-state index is 13.9. The topological polar surface area (TPSA) is 54.5 Å². The van der Waals surface area contributed by atoms with E-state index < -0.39 is 20.9 Å². The van der Waals surface area contributed by atoms with Crippen molar-refractivity contribution >= 4 is 27.3 Å². The summed E-state index contributed by atoms with van der Waals surface area (Å²) in [5.74, 6) is -0.958. The smallest absolute Gasteiger partial charge is 0.227 e. The van der Waals surface area contributed by atoms with E-state index in [0.717, 1.165) is 5.56 Å². The Morgan fingerprint density at radius 2 is 1.85 bits per heavy atom. The molecular weight excluding hydrogens is 377 g/mol. The summed E-state index contributed by atoms with van der Waals surface area (Å²) in [5.41, 5.74) is 0.879. The number of amides is 1. The van der Waals surface area contributed by atoms with Gasteiger partial charge in [0.2, 0.25) is 5.91 Å². The van der Waals surface area contributed by atoms with E-state index in [-0.39, 0.29) is 35.2 Å². The third kappa shape index (κ3) is 4.07. The van der Waals surface area contributed by atoms with Gasteiger partial charge in [-0.15, -0.1) is 0 Å². The first-order chi connectivity index (χ1) is 12.4. The molecular formula is C19H19ClFNO3S. The van der Waals surface area contributed by atoms with Gasteiger partial charge in [0.25, 0.3) is 0 Å². The van der Waals surface area contributed by atoms with Crippen molar-refractivity contribution in [3.63, 3.8) is 0 Å². The number of halogens is 2. The number of carbonyl (C=O) groups excluding carboxylic acids is 1. The maximum absolute atomic E-state index is 13.9. The highest BCUT2D eigenvalue weighted by Crippen LogP contribution is 2.29. The molecule has 2 aromatic carbocycles. The van der Waals surface area contributed by atoms with E-state index in [1.165, 1.54) is 23.1 Å². The Morgan fingerprint density at radius 3 is 2.54 bits per heavy atom. The van der Waals surface area contributed by atoms with Crippen LogP contribution in [0, 0.1) is 5.82 Å². The summed E-state index contributed by atoms with van der Waals surface area (Å²) in [5, 5.41) is -0.429. The average molecular weight is 396 g/mol. The second-order valence-electron chi connectivity index (χ2n) is 6.31. The zero-order chi connectivity index (χ0) is 18.7. The Bertz CT molecular complexity index is 882. The zero-order valence-electron chi connectivity index (χ0n) is 14.1. The van der Waals surface area contributed by atoms with Gasteiger partial charge >= 0.3 is 0 Å². The molecule has 4 nitrogen and oxygen atoms in total.